The van der Waals surface area contributed by atoms with Gasteiger partial charge in [-0.15, -0.1) is 0 Å². The van der Waals surface area contributed by atoms with Crippen LogP contribution in [0.5, 0.6) is 0 Å². The predicted molar refractivity (Wildman–Crippen MR) is 93.2 cm³/mol. The molecule has 0 amide bonds. The fourth-order valence-corrected chi connectivity index (χ4v) is 2.75. The molecule has 0 saturated carbocycles. The lowest BCUT2D eigenvalue weighted by atomic mass is 10.4. The summed E-state index contributed by atoms with van der Waals surface area (Å²) in [5.74, 6) is 0.473. The Balaban J connectivity index is 0.00000127. The van der Waals surface area contributed by atoms with Gasteiger partial charge in [0.2, 0.25) is 16.0 Å². The van der Waals surface area contributed by atoms with Crippen LogP contribution in [-0.4, -0.2) is 31.5 Å². The molecule has 0 unspecified atom stereocenters. The second-order valence-corrected chi connectivity index (χ2v) is 6.50. The predicted octanol–water partition coefficient (Wildman–Crippen LogP) is 2.86. The number of nitrogens with zero attached hydrogens (tertiary/aromatic N) is 2. The van der Waals surface area contributed by atoms with Gasteiger partial charge in [-0.1, -0.05) is 25.4 Å². The Kier molecular flexibility index (Phi) is 7.94. The van der Waals surface area contributed by atoms with E-state index < -0.39 is 10.0 Å². The molecule has 0 spiro atoms. The highest BCUT2D eigenvalue weighted by atomic mass is 35.5. The standard InChI is InChI=1S/C13H15ClN4O2S.C2H6/c1-10-6-7-15-13(18-10)16-8-9-17-21(19,20)12-4-2-11(14)3-5-12;1-2/h2-7,17H,8-9H2,1H3,(H,15,16,18);1-2H3. The van der Waals surface area contributed by atoms with E-state index in [1.54, 1.807) is 12.3 Å². The Bertz CT molecular complexity index is 706. The summed E-state index contributed by atoms with van der Waals surface area (Å²) in [6.45, 7) is 6.47. The fourth-order valence-electron chi connectivity index (χ4n) is 1.59. The minimum atomic E-state index is -3.53. The lowest BCUT2D eigenvalue weighted by molar-refractivity contribution is 0.583. The van der Waals surface area contributed by atoms with Crippen LogP contribution < -0.4 is 10.0 Å². The van der Waals surface area contributed by atoms with E-state index in [2.05, 4.69) is 20.0 Å². The third-order valence-corrected chi connectivity index (χ3v) is 4.35. The molecule has 8 heteroatoms. The number of rotatable bonds is 6. The average molecular weight is 357 g/mol. The SMILES string of the molecule is CC.Cc1ccnc(NCCNS(=O)(=O)c2ccc(Cl)cc2)n1. The van der Waals surface area contributed by atoms with E-state index >= 15 is 0 Å². The van der Waals surface area contributed by atoms with Gasteiger partial charge in [0.1, 0.15) is 0 Å². The lowest BCUT2D eigenvalue weighted by Gasteiger charge is -2.08. The van der Waals surface area contributed by atoms with Crippen molar-refractivity contribution in [2.75, 3.05) is 18.4 Å². The van der Waals surface area contributed by atoms with Gasteiger partial charge in [0.25, 0.3) is 0 Å². The van der Waals surface area contributed by atoms with Crippen molar-refractivity contribution in [1.29, 1.82) is 0 Å². The number of nitrogens with one attached hydrogen (secondary N) is 2. The molecule has 2 N–H and O–H groups in total. The van der Waals surface area contributed by atoms with Gasteiger partial charge in [-0.25, -0.2) is 23.1 Å². The van der Waals surface area contributed by atoms with Gasteiger partial charge < -0.3 is 5.32 Å². The van der Waals surface area contributed by atoms with Crippen LogP contribution in [0, 0.1) is 6.92 Å². The summed E-state index contributed by atoms with van der Waals surface area (Å²) in [6.07, 6.45) is 1.64. The van der Waals surface area contributed by atoms with Gasteiger partial charge >= 0.3 is 0 Å². The monoisotopic (exact) mass is 356 g/mol. The van der Waals surface area contributed by atoms with Crippen molar-refractivity contribution in [1.82, 2.24) is 14.7 Å². The topological polar surface area (TPSA) is 84.0 Å². The fraction of sp³-hybridized carbons (Fsp3) is 0.333. The maximum Gasteiger partial charge on any atom is 0.240 e. The van der Waals surface area contributed by atoms with Crippen molar-refractivity contribution in [2.45, 2.75) is 25.7 Å². The molecule has 1 aromatic heterocycles. The quantitative estimate of drug-likeness (QED) is 0.777. The van der Waals surface area contributed by atoms with Crippen molar-refractivity contribution >= 4 is 27.6 Å². The van der Waals surface area contributed by atoms with Crippen molar-refractivity contribution < 1.29 is 8.42 Å². The number of hydrogen-bond donors (Lipinski definition) is 2. The molecule has 126 valence electrons. The van der Waals surface area contributed by atoms with Crippen LogP contribution >= 0.6 is 11.6 Å². The van der Waals surface area contributed by atoms with Crippen LogP contribution in [0.3, 0.4) is 0 Å². The second-order valence-electron chi connectivity index (χ2n) is 4.30. The molecule has 2 aromatic rings. The first-order valence-corrected chi connectivity index (χ1v) is 9.12. The normalized spacial score (nSPS) is 10.6. The molecule has 0 atom stereocenters. The van der Waals surface area contributed by atoms with Gasteiger partial charge in [-0.3, -0.25) is 0 Å². The van der Waals surface area contributed by atoms with E-state index in [1.807, 2.05) is 20.8 Å². The molecule has 0 aliphatic rings. The first-order valence-electron chi connectivity index (χ1n) is 7.26. The highest BCUT2D eigenvalue weighted by Crippen LogP contribution is 2.13. The van der Waals surface area contributed by atoms with E-state index in [9.17, 15) is 8.42 Å². The van der Waals surface area contributed by atoms with Crippen LogP contribution in [-0.2, 0) is 10.0 Å². The number of benzene rings is 1. The summed E-state index contributed by atoms with van der Waals surface area (Å²) in [4.78, 5) is 8.37. The summed E-state index contributed by atoms with van der Waals surface area (Å²) in [5.41, 5.74) is 0.842. The molecule has 23 heavy (non-hydrogen) atoms. The smallest absolute Gasteiger partial charge is 0.240 e. The van der Waals surface area contributed by atoms with Crippen molar-refractivity contribution in [3.8, 4) is 0 Å². The summed E-state index contributed by atoms with van der Waals surface area (Å²) in [5, 5.41) is 3.44. The van der Waals surface area contributed by atoms with Crippen molar-refractivity contribution in [3.05, 3.63) is 47.2 Å². The van der Waals surface area contributed by atoms with Crippen LogP contribution in [0.25, 0.3) is 0 Å². The summed E-state index contributed by atoms with van der Waals surface area (Å²) >= 11 is 5.73. The summed E-state index contributed by atoms with van der Waals surface area (Å²) in [6, 6.07) is 7.78. The molecular formula is C15H21ClN4O2S. The first-order chi connectivity index (χ1) is 11.0. The molecule has 0 aliphatic carbocycles. The number of aryl methyl sites for hydroxylation is 1. The highest BCUT2D eigenvalue weighted by Gasteiger charge is 2.12. The Labute approximate surface area is 142 Å². The maximum atomic E-state index is 12.0. The van der Waals surface area contributed by atoms with E-state index in [-0.39, 0.29) is 11.4 Å². The number of halogens is 1. The zero-order valence-electron chi connectivity index (χ0n) is 13.4. The van der Waals surface area contributed by atoms with E-state index in [1.165, 1.54) is 24.3 Å². The molecular weight excluding hydrogens is 336 g/mol. The number of anilines is 1. The Morgan fingerprint density at radius 2 is 1.74 bits per heavy atom. The van der Waals surface area contributed by atoms with Crippen LogP contribution in [0.15, 0.2) is 41.4 Å². The largest absolute Gasteiger partial charge is 0.353 e. The maximum absolute atomic E-state index is 12.0. The van der Waals surface area contributed by atoms with E-state index in [0.717, 1.165) is 5.69 Å². The van der Waals surface area contributed by atoms with Crippen LogP contribution in [0.1, 0.15) is 19.5 Å². The lowest BCUT2D eigenvalue weighted by Crippen LogP contribution is -2.29. The first kappa shape index (κ1) is 19.3. The third kappa shape index (κ3) is 6.52. The molecule has 0 aliphatic heterocycles. The van der Waals surface area contributed by atoms with E-state index in [4.69, 9.17) is 11.6 Å². The third-order valence-electron chi connectivity index (χ3n) is 2.62. The van der Waals surface area contributed by atoms with Gasteiger partial charge in [0.05, 0.1) is 4.90 Å². The number of hydrogen-bond acceptors (Lipinski definition) is 5. The molecule has 2 rings (SSSR count). The zero-order valence-corrected chi connectivity index (χ0v) is 14.9. The number of aromatic nitrogens is 2. The molecule has 0 fully saturated rings. The Morgan fingerprint density at radius 1 is 1.09 bits per heavy atom. The molecule has 0 bridgehead atoms. The zero-order chi connectivity index (χ0) is 17.3. The molecule has 1 aromatic carbocycles. The van der Waals surface area contributed by atoms with Gasteiger partial charge in [0, 0.05) is 30.0 Å². The molecule has 1 heterocycles. The Hall–Kier alpha value is -1.70. The molecule has 0 radical (unpaired) electrons. The van der Waals surface area contributed by atoms with Crippen LogP contribution in [0.4, 0.5) is 5.95 Å². The van der Waals surface area contributed by atoms with Gasteiger partial charge in [0.15, 0.2) is 0 Å². The minimum absolute atomic E-state index is 0.179. The highest BCUT2D eigenvalue weighted by molar-refractivity contribution is 7.89. The molecule has 0 saturated heterocycles. The van der Waals surface area contributed by atoms with Gasteiger partial charge in [-0.05, 0) is 37.3 Å². The summed E-state index contributed by atoms with van der Waals surface area (Å²) in [7, 11) is -3.53. The van der Waals surface area contributed by atoms with Gasteiger partial charge in [-0.2, -0.15) is 0 Å². The average Bonchev–Trinajstić information content (AvgIpc) is 2.54. The van der Waals surface area contributed by atoms with Crippen molar-refractivity contribution in [2.24, 2.45) is 0 Å². The Morgan fingerprint density at radius 3 is 2.35 bits per heavy atom. The van der Waals surface area contributed by atoms with Crippen LogP contribution in [0.2, 0.25) is 5.02 Å². The summed E-state index contributed by atoms with van der Waals surface area (Å²) < 4.78 is 26.5. The molecule has 6 nitrogen and oxygen atoms in total. The minimum Gasteiger partial charge on any atom is -0.353 e. The van der Waals surface area contributed by atoms with E-state index in [0.29, 0.717) is 17.5 Å². The number of sulfonamides is 1. The van der Waals surface area contributed by atoms with Crippen molar-refractivity contribution in [3.63, 3.8) is 0 Å². The second kappa shape index (κ2) is 9.44.